The number of alkyl halides is 2. The van der Waals surface area contributed by atoms with Crippen molar-refractivity contribution in [2.75, 3.05) is 0 Å². The van der Waals surface area contributed by atoms with E-state index in [1.807, 2.05) is 20.8 Å². The van der Waals surface area contributed by atoms with Crippen LogP contribution in [0.2, 0.25) is 0 Å². The minimum absolute atomic E-state index is 0.0312. The van der Waals surface area contributed by atoms with Gasteiger partial charge in [0.15, 0.2) is 16.3 Å². The Labute approximate surface area is 153 Å². The molecule has 0 atom stereocenters. The lowest BCUT2D eigenvalue weighted by Gasteiger charge is -2.11. The quantitative estimate of drug-likeness (QED) is 0.869. The highest BCUT2D eigenvalue weighted by Crippen LogP contribution is 2.41. The zero-order valence-corrected chi connectivity index (χ0v) is 15.4. The van der Waals surface area contributed by atoms with Gasteiger partial charge in [-0.1, -0.05) is 13.8 Å². The molecule has 2 heterocycles. The van der Waals surface area contributed by atoms with Gasteiger partial charge in [0, 0.05) is 23.2 Å². The van der Waals surface area contributed by atoms with Crippen LogP contribution in [0.1, 0.15) is 31.6 Å². The molecule has 0 unspecified atom stereocenters. The van der Waals surface area contributed by atoms with Gasteiger partial charge >= 0.3 is 12.3 Å². The van der Waals surface area contributed by atoms with Gasteiger partial charge in [-0.25, -0.2) is 4.79 Å². The van der Waals surface area contributed by atoms with Gasteiger partial charge in [0.2, 0.25) is 0 Å². The fraction of sp³-hybridized carbons (Fsp3) is 0.412. The first-order chi connectivity index (χ1) is 12.3. The summed E-state index contributed by atoms with van der Waals surface area (Å²) in [6, 6.07) is 4.07. The van der Waals surface area contributed by atoms with Crippen molar-refractivity contribution in [3.63, 3.8) is 0 Å². The van der Waals surface area contributed by atoms with E-state index in [1.54, 1.807) is 16.8 Å². The Kier molecular flexibility index (Phi) is 4.99. The summed E-state index contributed by atoms with van der Waals surface area (Å²) in [5, 5.41) is 2.85. The summed E-state index contributed by atoms with van der Waals surface area (Å²) in [5.74, 6) is -0.0902. The van der Waals surface area contributed by atoms with Gasteiger partial charge in [-0.15, -0.1) is 20.1 Å². The third kappa shape index (κ3) is 3.87. The Bertz CT molecular complexity index is 888. The highest BCUT2D eigenvalue weighted by atomic mass is 32.1. The van der Waals surface area contributed by atoms with Gasteiger partial charge in [-0.05, 0) is 31.9 Å². The molecule has 0 spiro atoms. The van der Waals surface area contributed by atoms with Crippen molar-refractivity contribution in [1.29, 1.82) is 0 Å². The van der Waals surface area contributed by atoms with Crippen LogP contribution in [0.25, 0.3) is 5.69 Å². The second-order valence-electron chi connectivity index (χ2n) is 5.87. The molecule has 1 N–H and O–H groups in total. The topological polar surface area (TPSA) is 64.9 Å². The van der Waals surface area contributed by atoms with Gasteiger partial charge < -0.3 is 14.8 Å². The molecule has 2 aromatic rings. The highest BCUT2D eigenvalue weighted by Gasteiger charge is 2.43. The van der Waals surface area contributed by atoms with Crippen molar-refractivity contribution in [2.24, 2.45) is 4.99 Å². The van der Waals surface area contributed by atoms with Crippen molar-refractivity contribution in [3.05, 3.63) is 34.1 Å². The maximum atomic E-state index is 13.2. The van der Waals surface area contributed by atoms with Crippen LogP contribution >= 0.6 is 11.3 Å². The number of carbonyl (C=O) groups excluding carboxylic acids is 1. The molecule has 3 rings (SSSR count). The second-order valence-corrected chi connectivity index (χ2v) is 7.08. The fourth-order valence-electron chi connectivity index (χ4n) is 2.59. The predicted molar refractivity (Wildman–Crippen MR) is 93.1 cm³/mol. The number of hydrogen-bond acceptors (Lipinski definition) is 4. The van der Waals surface area contributed by atoms with E-state index in [0.29, 0.717) is 10.5 Å². The van der Waals surface area contributed by atoms with Crippen molar-refractivity contribution in [2.45, 2.75) is 45.9 Å². The van der Waals surface area contributed by atoms with Gasteiger partial charge in [-0.3, -0.25) is 4.57 Å². The summed E-state index contributed by atoms with van der Waals surface area (Å²) in [5.41, 5.74) is 0.545. The van der Waals surface area contributed by atoms with Gasteiger partial charge in [0.05, 0.1) is 5.69 Å². The number of nitrogens with one attached hydrogen (secondary N) is 1. The Balaban J connectivity index is 1.94. The molecule has 9 heteroatoms. The summed E-state index contributed by atoms with van der Waals surface area (Å²) in [4.78, 5) is 17.7. The Morgan fingerprint density at radius 1 is 1.31 bits per heavy atom. The van der Waals surface area contributed by atoms with E-state index in [-0.39, 0.29) is 17.5 Å². The van der Waals surface area contributed by atoms with E-state index >= 15 is 0 Å². The van der Waals surface area contributed by atoms with E-state index in [9.17, 15) is 13.6 Å². The van der Waals surface area contributed by atoms with Crippen molar-refractivity contribution < 1.29 is 23.0 Å². The average Bonchev–Trinajstić information content (AvgIpc) is 3.09. The number of rotatable bonds is 4. The number of ether oxygens (including phenoxy) is 2. The zero-order valence-electron chi connectivity index (χ0n) is 14.6. The lowest BCUT2D eigenvalue weighted by atomic mass is 10.2. The van der Waals surface area contributed by atoms with Gasteiger partial charge in [0.25, 0.3) is 0 Å². The lowest BCUT2D eigenvalue weighted by Crippen LogP contribution is -2.33. The average molecular weight is 383 g/mol. The SMILES string of the molecule is CCC(CC)NC(=O)/N=c1\sc(C)cn1-c1ccc2c(c1)OC(F)(F)O2. The molecule has 26 heavy (non-hydrogen) atoms. The first-order valence-electron chi connectivity index (χ1n) is 8.26. The number of nitrogens with zero attached hydrogens (tertiary/aromatic N) is 2. The van der Waals surface area contributed by atoms with E-state index in [0.717, 1.165) is 17.7 Å². The molecule has 1 aromatic heterocycles. The molecule has 2 amide bonds. The predicted octanol–water partition coefficient (Wildman–Crippen LogP) is 3.97. The Hall–Kier alpha value is -2.42. The monoisotopic (exact) mass is 383 g/mol. The minimum atomic E-state index is -3.67. The second kappa shape index (κ2) is 7.06. The molecule has 0 radical (unpaired) electrons. The molecule has 0 fully saturated rings. The molecule has 1 aliphatic heterocycles. The number of aromatic nitrogens is 1. The van der Waals surface area contributed by atoms with Crippen LogP contribution < -0.4 is 19.6 Å². The molecular formula is C17H19F2N3O3S. The number of halogens is 2. The lowest BCUT2D eigenvalue weighted by molar-refractivity contribution is -0.286. The molecule has 0 saturated heterocycles. The van der Waals surface area contributed by atoms with E-state index < -0.39 is 12.3 Å². The first kappa shape index (κ1) is 18.4. The van der Waals surface area contributed by atoms with Crippen molar-refractivity contribution in [1.82, 2.24) is 9.88 Å². The largest absolute Gasteiger partial charge is 0.586 e. The van der Waals surface area contributed by atoms with Crippen LogP contribution in [0.5, 0.6) is 11.5 Å². The first-order valence-corrected chi connectivity index (χ1v) is 9.07. The smallest absolute Gasteiger partial charge is 0.395 e. The summed E-state index contributed by atoms with van der Waals surface area (Å²) in [6.07, 6.45) is -0.253. The molecule has 6 nitrogen and oxygen atoms in total. The van der Waals surface area contributed by atoms with Gasteiger partial charge in [-0.2, -0.15) is 4.99 Å². The van der Waals surface area contributed by atoms with Crippen LogP contribution in [-0.2, 0) is 0 Å². The number of aryl methyl sites for hydroxylation is 1. The number of carbonyl (C=O) groups is 1. The number of thiazole rings is 1. The number of hydrogen-bond donors (Lipinski definition) is 1. The molecular weight excluding hydrogens is 364 g/mol. The standard InChI is InChI=1S/C17H19F2N3O3S/c1-4-11(5-2)20-15(23)21-16-22(9-10(3)26-16)12-6-7-13-14(8-12)25-17(18,19)24-13/h6-9,11H,4-5H2,1-3H3,(H,20,23)/b21-16-. The van der Waals surface area contributed by atoms with Crippen molar-refractivity contribution >= 4 is 17.4 Å². The van der Waals surface area contributed by atoms with Gasteiger partial charge in [0.1, 0.15) is 0 Å². The van der Waals surface area contributed by atoms with Crippen LogP contribution in [0.4, 0.5) is 13.6 Å². The third-order valence-corrected chi connectivity index (χ3v) is 4.84. The minimum Gasteiger partial charge on any atom is -0.395 e. The van der Waals surface area contributed by atoms with E-state index in [2.05, 4.69) is 19.8 Å². The highest BCUT2D eigenvalue weighted by molar-refractivity contribution is 7.09. The molecule has 0 bridgehead atoms. The van der Waals surface area contributed by atoms with Crippen LogP contribution in [0, 0.1) is 6.92 Å². The molecule has 1 aromatic carbocycles. The van der Waals surface area contributed by atoms with Crippen LogP contribution in [0.15, 0.2) is 29.4 Å². The van der Waals surface area contributed by atoms with Crippen molar-refractivity contribution in [3.8, 4) is 17.2 Å². The van der Waals surface area contributed by atoms with E-state index in [1.165, 1.54) is 23.5 Å². The summed E-state index contributed by atoms with van der Waals surface area (Å²) >= 11 is 1.33. The third-order valence-electron chi connectivity index (χ3n) is 3.94. The maximum Gasteiger partial charge on any atom is 0.586 e. The Morgan fingerprint density at radius 2 is 2.00 bits per heavy atom. The number of urea groups is 1. The zero-order chi connectivity index (χ0) is 18.9. The number of benzene rings is 1. The summed E-state index contributed by atoms with van der Waals surface area (Å²) in [6.45, 7) is 5.86. The normalized spacial score (nSPS) is 15.5. The molecule has 1 aliphatic rings. The van der Waals surface area contributed by atoms with Crippen LogP contribution in [0.3, 0.4) is 0 Å². The van der Waals surface area contributed by atoms with Crippen LogP contribution in [-0.4, -0.2) is 22.9 Å². The molecule has 140 valence electrons. The fourth-order valence-corrected chi connectivity index (χ4v) is 3.42. The molecule has 0 saturated carbocycles. The number of amides is 2. The Morgan fingerprint density at radius 3 is 2.69 bits per heavy atom. The van der Waals surface area contributed by atoms with E-state index in [4.69, 9.17) is 0 Å². The molecule has 0 aliphatic carbocycles. The summed E-state index contributed by atoms with van der Waals surface area (Å²) in [7, 11) is 0. The maximum absolute atomic E-state index is 13.2. The number of fused-ring (bicyclic) bond motifs is 1. The summed E-state index contributed by atoms with van der Waals surface area (Å²) < 4.78 is 36.9.